The molecule has 1 saturated heterocycles. The first-order valence-corrected chi connectivity index (χ1v) is 12.6. The summed E-state index contributed by atoms with van der Waals surface area (Å²) in [4.78, 5) is 43.1. The highest BCUT2D eigenvalue weighted by Crippen LogP contribution is 2.46. The van der Waals surface area contributed by atoms with Crippen LogP contribution in [0.4, 0.5) is 0 Å². The molecule has 3 aromatic rings. The van der Waals surface area contributed by atoms with Crippen LogP contribution in [-0.4, -0.2) is 62.6 Å². The summed E-state index contributed by atoms with van der Waals surface area (Å²) in [6.45, 7) is 2.20. The number of fused-ring (bicyclic) bond motifs is 1. The number of hydrogen-bond donors (Lipinski definition) is 0. The minimum Gasteiger partial charge on any atom is -0.342 e. The fourth-order valence-corrected chi connectivity index (χ4v) is 5.49. The van der Waals surface area contributed by atoms with E-state index in [2.05, 4.69) is 46.4 Å². The molecular weight excluding hydrogens is 438 g/mol. The standard InChI is InChI=1S/C28H27N5O2/c34-26(21-5-6-21)32-12-9-18(15-32)16-33-25(31-28(10-11-28)27(33)35)20-3-1-19(2-4-20)22-7-8-23-14-29-17-30-24(23)13-22/h1-4,7-8,13-14,17-18,21H,5-6,9-12,15-16H2/t18-/m1/s1. The maximum atomic E-state index is 13.3. The van der Waals surface area contributed by atoms with Crippen LogP contribution in [0.2, 0.25) is 0 Å². The van der Waals surface area contributed by atoms with E-state index >= 15 is 0 Å². The van der Waals surface area contributed by atoms with E-state index in [1.54, 1.807) is 6.33 Å². The highest BCUT2D eigenvalue weighted by Gasteiger charge is 2.57. The van der Waals surface area contributed by atoms with E-state index in [0.717, 1.165) is 78.6 Å². The molecule has 1 aromatic heterocycles. The quantitative estimate of drug-likeness (QED) is 0.576. The van der Waals surface area contributed by atoms with Gasteiger partial charge in [-0.15, -0.1) is 0 Å². The van der Waals surface area contributed by atoms with E-state index in [1.807, 2.05) is 22.1 Å². The van der Waals surface area contributed by atoms with Crippen molar-refractivity contribution < 1.29 is 9.59 Å². The van der Waals surface area contributed by atoms with Gasteiger partial charge in [0, 0.05) is 42.7 Å². The Morgan fingerprint density at radius 3 is 2.54 bits per heavy atom. The summed E-state index contributed by atoms with van der Waals surface area (Å²) < 4.78 is 0. The zero-order chi connectivity index (χ0) is 23.6. The van der Waals surface area contributed by atoms with Crippen molar-refractivity contribution in [2.45, 2.75) is 37.6 Å². The van der Waals surface area contributed by atoms with Crippen LogP contribution in [0.5, 0.6) is 0 Å². The Bertz CT molecular complexity index is 1370. The predicted molar refractivity (Wildman–Crippen MR) is 133 cm³/mol. The molecule has 7 nitrogen and oxygen atoms in total. The fourth-order valence-electron chi connectivity index (χ4n) is 5.49. The van der Waals surface area contributed by atoms with Crippen LogP contribution >= 0.6 is 0 Å². The highest BCUT2D eigenvalue weighted by atomic mass is 16.2. The number of amidine groups is 1. The molecule has 2 aliphatic carbocycles. The van der Waals surface area contributed by atoms with Gasteiger partial charge in [0.15, 0.2) is 0 Å². The van der Waals surface area contributed by atoms with E-state index < -0.39 is 5.54 Å². The van der Waals surface area contributed by atoms with Gasteiger partial charge in [-0.25, -0.2) is 9.97 Å². The van der Waals surface area contributed by atoms with Crippen molar-refractivity contribution in [3.05, 3.63) is 60.6 Å². The molecule has 2 aliphatic heterocycles. The highest BCUT2D eigenvalue weighted by molar-refractivity contribution is 6.16. The average molecular weight is 466 g/mol. The number of nitrogens with zero attached hydrogens (tertiary/aromatic N) is 5. The van der Waals surface area contributed by atoms with Gasteiger partial charge in [0.25, 0.3) is 5.91 Å². The lowest BCUT2D eigenvalue weighted by molar-refractivity contribution is -0.131. The van der Waals surface area contributed by atoms with Crippen LogP contribution in [0.15, 0.2) is 60.0 Å². The van der Waals surface area contributed by atoms with Gasteiger partial charge < -0.3 is 4.90 Å². The van der Waals surface area contributed by atoms with Gasteiger partial charge in [0.05, 0.1) is 5.52 Å². The molecule has 7 rings (SSSR count). The van der Waals surface area contributed by atoms with Crippen LogP contribution in [0, 0.1) is 11.8 Å². The Labute approximate surface area is 203 Å². The summed E-state index contributed by atoms with van der Waals surface area (Å²) in [5.41, 5.74) is 3.54. The van der Waals surface area contributed by atoms with Gasteiger partial charge in [-0.05, 0) is 55.2 Å². The molecule has 0 radical (unpaired) electrons. The number of hydrogen-bond acceptors (Lipinski definition) is 5. The van der Waals surface area contributed by atoms with Crippen LogP contribution in [0.3, 0.4) is 0 Å². The van der Waals surface area contributed by atoms with Gasteiger partial charge in [-0.1, -0.05) is 36.4 Å². The Kier molecular flexibility index (Phi) is 4.56. The molecule has 176 valence electrons. The molecule has 1 spiro atoms. The van der Waals surface area contributed by atoms with Gasteiger partial charge >= 0.3 is 0 Å². The van der Waals surface area contributed by atoms with Crippen molar-refractivity contribution in [3.63, 3.8) is 0 Å². The molecule has 1 atom stereocenters. The van der Waals surface area contributed by atoms with Crippen molar-refractivity contribution in [1.29, 1.82) is 0 Å². The smallest absolute Gasteiger partial charge is 0.256 e. The van der Waals surface area contributed by atoms with Crippen LogP contribution in [0.25, 0.3) is 22.0 Å². The molecule has 35 heavy (non-hydrogen) atoms. The molecule has 2 aromatic carbocycles. The lowest BCUT2D eigenvalue weighted by Gasteiger charge is -2.23. The summed E-state index contributed by atoms with van der Waals surface area (Å²) in [5, 5.41) is 1.02. The van der Waals surface area contributed by atoms with E-state index in [1.165, 1.54) is 0 Å². The SMILES string of the molecule is O=C(C1CC1)N1CC[C@@H](CN2C(=O)C3(CC3)N=C2c2ccc(-c3ccc4cncnc4c3)cc2)C1. The summed E-state index contributed by atoms with van der Waals surface area (Å²) in [6.07, 6.45) is 8.07. The third-order valence-electron chi connectivity index (χ3n) is 7.89. The number of amides is 2. The molecular formula is C28H27N5O2. The lowest BCUT2D eigenvalue weighted by atomic mass is 10.0. The second-order valence-electron chi connectivity index (χ2n) is 10.5. The Morgan fingerprint density at radius 2 is 1.77 bits per heavy atom. The molecule has 7 heteroatoms. The zero-order valence-corrected chi connectivity index (χ0v) is 19.6. The lowest BCUT2D eigenvalue weighted by Crippen LogP contribution is -2.40. The van der Waals surface area contributed by atoms with Crippen molar-refractivity contribution in [1.82, 2.24) is 19.8 Å². The molecule has 2 saturated carbocycles. The van der Waals surface area contributed by atoms with Gasteiger partial charge in [0.2, 0.25) is 5.91 Å². The number of rotatable bonds is 5. The maximum absolute atomic E-state index is 13.3. The summed E-state index contributed by atoms with van der Waals surface area (Å²) in [6, 6.07) is 14.5. The van der Waals surface area contributed by atoms with Gasteiger partial charge in [-0.2, -0.15) is 0 Å². The second-order valence-corrected chi connectivity index (χ2v) is 10.5. The van der Waals surface area contributed by atoms with Crippen molar-refractivity contribution in [2.75, 3.05) is 19.6 Å². The molecule has 0 bridgehead atoms. The maximum Gasteiger partial charge on any atom is 0.256 e. The average Bonchev–Trinajstić information content (AvgIpc) is 3.82. The number of benzene rings is 2. The number of aromatic nitrogens is 2. The first-order chi connectivity index (χ1) is 17.1. The molecule has 2 amide bonds. The molecule has 0 unspecified atom stereocenters. The van der Waals surface area contributed by atoms with Crippen LogP contribution in [0.1, 0.15) is 37.7 Å². The first kappa shape index (κ1) is 20.7. The third-order valence-corrected chi connectivity index (χ3v) is 7.89. The summed E-state index contributed by atoms with van der Waals surface area (Å²) in [5.74, 6) is 1.79. The summed E-state index contributed by atoms with van der Waals surface area (Å²) >= 11 is 0. The van der Waals surface area contributed by atoms with Crippen molar-refractivity contribution in [3.8, 4) is 11.1 Å². The van der Waals surface area contributed by atoms with E-state index in [0.29, 0.717) is 18.4 Å². The van der Waals surface area contributed by atoms with E-state index in [9.17, 15) is 9.59 Å². The number of likely N-dealkylation sites (tertiary alicyclic amines) is 1. The minimum absolute atomic E-state index is 0.137. The molecule has 4 aliphatic rings. The Hall–Kier alpha value is -3.61. The molecule has 3 heterocycles. The van der Waals surface area contributed by atoms with Gasteiger partial charge in [0.1, 0.15) is 17.7 Å². The fraction of sp³-hybridized carbons (Fsp3) is 0.393. The number of aliphatic imine (C=N–C) groups is 1. The third kappa shape index (κ3) is 3.61. The first-order valence-electron chi connectivity index (χ1n) is 12.6. The van der Waals surface area contributed by atoms with Crippen molar-refractivity contribution in [2.24, 2.45) is 16.8 Å². The summed E-state index contributed by atoms with van der Waals surface area (Å²) in [7, 11) is 0. The van der Waals surface area contributed by atoms with Crippen LogP contribution < -0.4 is 0 Å². The van der Waals surface area contributed by atoms with Crippen molar-refractivity contribution >= 4 is 28.6 Å². The predicted octanol–water partition coefficient (Wildman–Crippen LogP) is 3.68. The largest absolute Gasteiger partial charge is 0.342 e. The normalized spacial score (nSPS) is 22.8. The minimum atomic E-state index is -0.534. The topological polar surface area (TPSA) is 78.8 Å². The van der Waals surface area contributed by atoms with Crippen LogP contribution in [-0.2, 0) is 9.59 Å². The number of carbonyl (C=O) groups is 2. The zero-order valence-electron chi connectivity index (χ0n) is 19.6. The Morgan fingerprint density at radius 1 is 1.00 bits per heavy atom. The van der Waals surface area contributed by atoms with Gasteiger partial charge in [-0.3, -0.25) is 19.5 Å². The monoisotopic (exact) mass is 465 g/mol. The Balaban J connectivity index is 1.12. The number of carbonyl (C=O) groups excluding carboxylic acids is 2. The van der Waals surface area contributed by atoms with E-state index in [4.69, 9.17) is 4.99 Å². The molecule has 0 N–H and O–H groups in total. The molecule has 3 fully saturated rings. The second kappa shape index (κ2) is 7.70. The van der Waals surface area contributed by atoms with E-state index in [-0.39, 0.29) is 11.8 Å².